The van der Waals surface area contributed by atoms with Crippen molar-refractivity contribution < 1.29 is 18.3 Å². The number of carboxylic acid groups (broad SMARTS) is 1. The topological polar surface area (TPSA) is 90.0 Å². The SMILES string of the molecule is CCN1CCCC1CNS(=O)(=O)N1CCCC(C(=O)O)C1. The maximum Gasteiger partial charge on any atom is 0.307 e. The Labute approximate surface area is 126 Å². The minimum atomic E-state index is -3.58. The third-order valence-corrected chi connectivity index (χ3v) is 6.02. The molecule has 2 unspecified atom stereocenters. The highest BCUT2D eigenvalue weighted by atomic mass is 32.2. The molecule has 0 spiro atoms. The molecule has 122 valence electrons. The van der Waals surface area contributed by atoms with Crippen LogP contribution in [0.5, 0.6) is 0 Å². The van der Waals surface area contributed by atoms with Crippen LogP contribution < -0.4 is 4.72 Å². The molecule has 0 aromatic rings. The molecule has 0 saturated carbocycles. The predicted octanol–water partition coefficient (Wildman–Crippen LogP) is 0.102. The first kappa shape index (κ1) is 16.7. The van der Waals surface area contributed by atoms with Crippen LogP contribution in [0.25, 0.3) is 0 Å². The highest BCUT2D eigenvalue weighted by Gasteiger charge is 2.33. The second kappa shape index (κ2) is 7.04. The monoisotopic (exact) mass is 319 g/mol. The number of likely N-dealkylation sites (N-methyl/N-ethyl adjacent to an activating group) is 1. The van der Waals surface area contributed by atoms with Crippen molar-refractivity contribution in [2.24, 2.45) is 5.92 Å². The average molecular weight is 319 g/mol. The third-order valence-electron chi connectivity index (χ3n) is 4.48. The minimum Gasteiger partial charge on any atom is -0.481 e. The van der Waals surface area contributed by atoms with Crippen molar-refractivity contribution in [1.82, 2.24) is 13.9 Å². The highest BCUT2D eigenvalue weighted by molar-refractivity contribution is 7.87. The van der Waals surface area contributed by atoms with Crippen LogP contribution in [0.2, 0.25) is 0 Å². The number of carbonyl (C=O) groups is 1. The normalized spacial score (nSPS) is 28.8. The van der Waals surface area contributed by atoms with E-state index in [1.165, 1.54) is 4.31 Å². The molecule has 21 heavy (non-hydrogen) atoms. The van der Waals surface area contributed by atoms with Gasteiger partial charge >= 0.3 is 5.97 Å². The molecule has 2 fully saturated rings. The summed E-state index contributed by atoms with van der Waals surface area (Å²) in [5.41, 5.74) is 0. The number of nitrogens with one attached hydrogen (secondary N) is 1. The van der Waals surface area contributed by atoms with E-state index < -0.39 is 22.1 Å². The smallest absolute Gasteiger partial charge is 0.307 e. The molecular weight excluding hydrogens is 294 g/mol. The largest absolute Gasteiger partial charge is 0.481 e. The number of rotatable bonds is 6. The fourth-order valence-corrected chi connectivity index (χ4v) is 4.53. The van der Waals surface area contributed by atoms with E-state index in [0.717, 1.165) is 25.9 Å². The van der Waals surface area contributed by atoms with Gasteiger partial charge in [-0.25, -0.2) is 4.72 Å². The molecule has 0 radical (unpaired) electrons. The Bertz CT molecular complexity index is 468. The van der Waals surface area contributed by atoms with Crippen LogP contribution in [0.15, 0.2) is 0 Å². The Balaban J connectivity index is 1.90. The summed E-state index contributed by atoms with van der Waals surface area (Å²) in [7, 11) is -3.58. The van der Waals surface area contributed by atoms with E-state index in [-0.39, 0.29) is 12.6 Å². The zero-order valence-electron chi connectivity index (χ0n) is 12.5. The number of hydrogen-bond donors (Lipinski definition) is 2. The molecule has 2 saturated heterocycles. The van der Waals surface area contributed by atoms with Crippen molar-refractivity contribution in [2.75, 3.05) is 32.7 Å². The van der Waals surface area contributed by atoms with Gasteiger partial charge in [0.25, 0.3) is 10.2 Å². The van der Waals surface area contributed by atoms with Gasteiger partial charge in [0, 0.05) is 25.7 Å². The first-order valence-corrected chi connectivity index (χ1v) is 9.09. The molecule has 0 aromatic carbocycles. The lowest BCUT2D eigenvalue weighted by Gasteiger charge is -2.31. The Morgan fingerprint density at radius 3 is 2.67 bits per heavy atom. The number of likely N-dealkylation sites (tertiary alicyclic amines) is 1. The second-order valence-electron chi connectivity index (χ2n) is 5.81. The van der Waals surface area contributed by atoms with Crippen molar-refractivity contribution in [3.63, 3.8) is 0 Å². The van der Waals surface area contributed by atoms with Crippen molar-refractivity contribution in [3.05, 3.63) is 0 Å². The summed E-state index contributed by atoms with van der Waals surface area (Å²) in [5.74, 6) is -1.50. The second-order valence-corrected chi connectivity index (χ2v) is 7.57. The Hall–Kier alpha value is -0.700. The molecular formula is C13H25N3O4S. The van der Waals surface area contributed by atoms with Crippen LogP contribution in [0, 0.1) is 5.92 Å². The van der Waals surface area contributed by atoms with Crippen LogP contribution in [0.3, 0.4) is 0 Å². The van der Waals surface area contributed by atoms with Crippen LogP contribution in [0.4, 0.5) is 0 Å². The number of nitrogens with zero attached hydrogens (tertiary/aromatic N) is 2. The lowest BCUT2D eigenvalue weighted by Crippen LogP contribution is -2.50. The molecule has 2 aliphatic rings. The van der Waals surface area contributed by atoms with Crippen LogP contribution in [-0.2, 0) is 15.0 Å². The van der Waals surface area contributed by atoms with E-state index in [1.54, 1.807) is 0 Å². The van der Waals surface area contributed by atoms with E-state index in [1.807, 2.05) is 0 Å². The van der Waals surface area contributed by atoms with Crippen molar-refractivity contribution in [3.8, 4) is 0 Å². The summed E-state index contributed by atoms with van der Waals surface area (Å²) < 4.78 is 28.6. The molecule has 0 bridgehead atoms. The van der Waals surface area contributed by atoms with Gasteiger partial charge in [-0.1, -0.05) is 6.92 Å². The van der Waals surface area contributed by atoms with Gasteiger partial charge in [0.05, 0.1) is 5.92 Å². The molecule has 0 aromatic heterocycles. The molecule has 2 rings (SSSR count). The zero-order chi connectivity index (χ0) is 15.5. The molecule has 0 amide bonds. The van der Waals surface area contributed by atoms with Crippen LogP contribution in [-0.4, -0.2) is 67.5 Å². The summed E-state index contributed by atoms with van der Waals surface area (Å²) in [4.78, 5) is 13.3. The minimum absolute atomic E-state index is 0.0762. The highest BCUT2D eigenvalue weighted by Crippen LogP contribution is 2.20. The van der Waals surface area contributed by atoms with Gasteiger partial charge in [0.15, 0.2) is 0 Å². The van der Waals surface area contributed by atoms with Crippen molar-refractivity contribution in [1.29, 1.82) is 0 Å². The van der Waals surface area contributed by atoms with E-state index >= 15 is 0 Å². The third kappa shape index (κ3) is 4.15. The first-order valence-electron chi connectivity index (χ1n) is 7.65. The lowest BCUT2D eigenvalue weighted by molar-refractivity contribution is -0.142. The molecule has 7 nitrogen and oxygen atoms in total. The van der Waals surface area contributed by atoms with Gasteiger partial charge in [-0.15, -0.1) is 0 Å². The molecule has 2 heterocycles. The van der Waals surface area contributed by atoms with Crippen LogP contribution in [0.1, 0.15) is 32.6 Å². The Morgan fingerprint density at radius 2 is 2.00 bits per heavy atom. The molecule has 2 N–H and O–H groups in total. The number of piperidine rings is 1. The van der Waals surface area contributed by atoms with Crippen molar-refractivity contribution >= 4 is 16.2 Å². The average Bonchev–Trinajstić information content (AvgIpc) is 2.93. The fourth-order valence-electron chi connectivity index (χ4n) is 3.20. The summed E-state index contributed by atoms with van der Waals surface area (Å²) in [6, 6.07) is 0.254. The number of aliphatic carboxylic acids is 1. The van der Waals surface area contributed by atoms with E-state index in [4.69, 9.17) is 5.11 Å². The zero-order valence-corrected chi connectivity index (χ0v) is 13.3. The predicted molar refractivity (Wildman–Crippen MR) is 79.1 cm³/mol. The lowest BCUT2D eigenvalue weighted by atomic mass is 10.0. The van der Waals surface area contributed by atoms with Gasteiger partial charge < -0.3 is 5.11 Å². The summed E-state index contributed by atoms with van der Waals surface area (Å²) in [6.07, 6.45) is 3.26. The first-order chi connectivity index (χ1) is 9.94. The van der Waals surface area contributed by atoms with Gasteiger partial charge in [-0.3, -0.25) is 9.69 Å². The molecule has 2 atom stereocenters. The maximum atomic E-state index is 12.3. The summed E-state index contributed by atoms with van der Waals surface area (Å²) in [6.45, 7) is 4.91. The van der Waals surface area contributed by atoms with E-state index in [9.17, 15) is 13.2 Å². The molecule has 2 aliphatic heterocycles. The van der Waals surface area contributed by atoms with E-state index in [0.29, 0.717) is 25.9 Å². The maximum absolute atomic E-state index is 12.3. The van der Waals surface area contributed by atoms with Crippen molar-refractivity contribution in [2.45, 2.75) is 38.6 Å². The van der Waals surface area contributed by atoms with Gasteiger partial charge in [-0.2, -0.15) is 12.7 Å². The van der Waals surface area contributed by atoms with Crippen LogP contribution >= 0.6 is 0 Å². The van der Waals surface area contributed by atoms with Gasteiger partial charge in [-0.05, 0) is 38.8 Å². The molecule has 8 heteroatoms. The fraction of sp³-hybridized carbons (Fsp3) is 0.923. The summed E-state index contributed by atoms with van der Waals surface area (Å²) in [5, 5.41) is 9.04. The standard InChI is InChI=1S/C13H25N3O4S/c1-2-15-7-4-6-12(15)9-14-21(19,20)16-8-3-5-11(10-16)13(17)18/h11-12,14H,2-10H2,1H3,(H,17,18). The number of carboxylic acids is 1. The van der Waals surface area contributed by atoms with Gasteiger partial charge in [0.2, 0.25) is 0 Å². The summed E-state index contributed by atoms with van der Waals surface area (Å²) >= 11 is 0. The quantitative estimate of drug-likeness (QED) is 0.725. The van der Waals surface area contributed by atoms with Gasteiger partial charge in [0.1, 0.15) is 0 Å². The number of hydrogen-bond acceptors (Lipinski definition) is 4. The molecule has 0 aliphatic carbocycles. The Kier molecular flexibility index (Phi) is 5.59. The van der Waals surface area contributed by atoms with E-state index in [2.05, 4.69) is 16.5 Å². The Morgan fingerprint density at radius 1 is 1.29 bits per heavy atom.